The second-order valence-electron chi connectivity index (χ2n) is 10.6. The van der Waals surface area contributed by atoms with E-state index in [1.807, 2.05) is 42.8 Å². The van der Waals surface area contributed by atoms with Crippen LogP contribution < -0.4 is 10.8 Å². The van der Waals surface area contributed by atoms with Gasteiger partial charge in [-0.15, -0.1) is 0 Å². The number of fused-ring (bicyclic) bond motifs is 1. The molecule has 0 aliphatic carbocycles. The Balaban J connectivity index is 1.19. The highest BCUT2D eigenvalue weighted by molar-refractivity contribution is 6.36. The van der Waals surface area contributed by atoms with Gasteiger partial charge in [-0.05, 0) is 48.0 Å². The third kappa shape index (κ3) is 5.73. The highest BCUT2D eigenvalue weighted by Crippen LogP contribution is 2.30. The van der Waals surface area contributed by atoms with Crippen molar-refractivity contribution < 1.29 is 0 Å². The fourth-order valence-electron chi connectivity index (χ4n) is 5.77. The highest BCUT2D eigenvalue weighted by atomic mass is 35.5. The van der Waals surface area contributed by atoms with Crippen molar-refractivity contribution in [2.45, 2.75) is 18.8 Å². The molecule has 0 saturated carbocycles. The van der Waals surface area contributed by atoms with Crippen molar-refractivity contribution >= 4 is 36.4 Å². The summed E-state index contributed by atoms with van der Waals surface area (Å²) in [5.41, 5.74) is 6.45. The van der Waals surface area contributed by atoms with Gasteiger partial charge in [-0.25, -0.2) is 4.98 Å². The summed E-state index contributed by atoms with van der Waals surface area (Å²) >= 11 is 6.53. The molecule has 1 N–H and O–H groups in total. The summed E-state index contributed by atoms with van der Waals surface area (Å²) < 4.78 is 1.91. The second-order valence-corrected chi connectivity index (χ2v) is 11.0. The topological polar surface area (TPSA) is 45.5 Å². The molecule has 6 rings (SSSR count). The lowest BCUT2D eigenvalue weighted by Gasteiger charge is -2.35. The van der Waals surface area contributed by atoms with Gasteiger partial charge in [0.15, 0.2) is 5.65 Å². The first-order chi connectivity index (χ1) is 19.2. The van der Waals surface area contributed by atoms with Crippen LogP contribution in [0.3, 0.4) is 0 Å². The molecule has 0 spiro atoms. The Labute approximate surface area is 236 Å². The Hall–Kier alpha value is -3.61. The zero-order valence-electron chi connectivity index (χ0n) is 22.3. The van der Waals surface area contributed by atoms with Crippen LogP contribution in [-0.2, 0) is 0 Å². The summed E-state index contributed by atoms with van der Waals surface area (Å²) in [4.78, 5) is 7.54. The van der Waals surface area contributed by atoms with E-state index in [1.54, 1.807) is 0 Å². The van der Waals surface area contributed by atoms with Gasteiger partial charge in [0.1, 0.15) is 13.7 Å². The number of piperidine rings is 1. The zero-order chi connectivity index (χ0) is 26.6. The molecule has 196 valence electrons. The van der Waals surface area contributed by atoms with Crippen LogP contribution >= 0.6 is 11.6 Å². The Morgan fingerprint density at radius 1 is 0.949 bits per heavy atom. The quantitative estimate of drug-likeness (QED) is 0.276. The average molecular weight is 534 g/mol. The van der Waals surface area contributed by atoms with Crippen LogP contribution in [0.2, 0.25) is 5.02 Å². The van der Waals surface area contributed by atoms with E-state index >= 15 is 0 Å². The predicted molar refractivity (Wildman–Crippen MR) is 164 cm³/mol. The van der Waals surface area contributed by atoms with Crippen molar-refractivity contribution in [1.29, 1.82) is 0 Å². The van der Waals surface area contributed by atoms with E-state index in [9.17, 15) is 0 Å². The van der Waals surface area contributed by atoms with Gasteiger partial charge in [-0.3, -0.25) is 0 Å². The average Bonchev–Trinajstić information content (AvgIpc) is 3.36. The number of nitrogens with zero attached hydrogens (tertiary/aromatic N) is 4. The van der Waals surface area contributed by atoms with Gasteiger partial charge < -0.3 is 10.2 Å². The maximum absolute atomic E-state index is 6.53. The van der Waals surface area contributed by atoms with Crippen LogP contribution in [0.5, 0.6) is 0 Å². The van der Waals surface area contributed by atoms with Crippen molar-refractivity contribution in [3.63, 3.8) is 0 Å². The standard InChI is InChI=1S/C32H33BClN5/c33-28-20-36-39-31(18-30(37-32(28)39)26-15-7-8-16-29(26)34)35-19-23-10-9-17-38(21-23)22-27(24-11-3-1-4-12-24)25-13-5-2-6-14-25/h1-8,11-16,18,20,23,27,35H,9-10,17,19,21-22,33H2. The van der Waals surface area contributed by atoms with Gasteiger partial charge in [-0.2, -0.15) is 9.61 Å². The first-order valence-electron chi connectivity index (χ1n) is 13.8. The van der Waals surface area contributed by atoms with Crippen LogP contribution in [0.25, 0.3) is 16.9 Å². The lowest BCUT2D eigenvalue weighted by atomic mass is 9.89. The summed E-state index contributed by atoms with van der Waals surface area (Å²) in [5, 5.41) is 9.04. The zero-order valence-corrected chi connectivity index (χ0v) is 23.1. The van der Waals surface area contributed by atoms with Crippen molar-refractivity contribution in [2.75, 3.05) is 31.5 Å². The third-order valence-electron chi connectivity index (χ3n) is 7.82. The van der Waals surface area contributed by atoms with Crippen molar-refractivity contribution in [1.82, 2.24) is 19.5 Å². The largest absolute Gasteiger partial charge is 0.370 e. The SMILES string of the molecule is Bc1cnn2c(NCC3CCCN(CC(c4ccccc4)c4ccccc4)C3)cc(-c3ccccc3Cl)nc12. The molecule has 3 heterocycles. The molecule has 0 amide bonds. The first-order valence-corrected chi connectivity index (χ1v) is 14.2. The summed E-state index contributed by atoms with van der Waals surface area (Å²) in [5.74, 6) is 1.87. The number of likely N-dealkylation sites (tertiary alicyclic amines) is 1. The summed E-state index contributed by atoms with van der Waals surface area (Å²) in [7, 11) is 2.05. The smallest absolute Gasteiger partial charge is 0.151 e. The number of halogens is 1. The molecule has 5 aromatic rings. The molecule has 1 aliphatic heterocycles. The molecular weight excluding hydrogens is 501 g/mol. The minimum atomic E-state index is 0.365. The molecule has 3 aromatic carbocycles. The minimum Gasteiger partial charge on any atom is -0.370 e. The molecule has 5 nitrogen and oxygen atoms in total. The number of benzene rings is 3. The molecule has 1 saturated heterocycles. The molecule has 1 atom stereocenters. The second kappa shape index (κ2) is 11.6. The number of nitrogens with one attached hydrogen (secondary N) is 1. The van der Waals surface area contributed by atoms with Crippen LogP contribution in [0.4, 0.5) is 5.82 Å². The molecule has 0 bridgehead atoms. The maximum Gasteiger partial charge on any atom is 0.151 e. The Morgan fingerprint density at radius 2 is 1.64 bits per heavy atom. The van der Waals surface area contributed by atoms with E-state index in [4.69, 9.17) is 16.6 Å². The number of aromatic nitrogens is 3. The van der Waals surface area contributed by atoms with Gasteiger partial charge >= 0.3 is 0 Å². The van der Waals surface area contributed by atoms with Crippen molar-refractivity contribution in [3.8, 4) is 11.3 Å². The fraction of sp³-hybridized carbons (Fsp3) is 0.250. The fourth-order valence-corrected chi connectivity index (χ4v) is 6.00. The molecule has 1 aliphatic rings. The third-order valence-corrected chi connectivity index (χ3v) is 8.15. The molecule has 2 aromatic heterocycles. The van der Waals surface area contributed by atoms with Gasteiger partial charge in [0.25, 0.3) is 0 Å². The lowest BCUT2D eigenvalue weighted by molar-refractivity contribution is 0.176. The van der Waals surface area contributed by atoms with Crippen LogP contribution in [0.1, 0.15) is 29.9 Å². The molecule has 1 fully saturated rings. The van der Waals surface area contributed by atoms with E-state index in [0.717, 1.165) is 54.4 Å². The molecule has 0 radical (unpaired) electrons. The number of anilines is 1. The monoisotopic (exact) mass is 533 g/mol. The summed E-state index contributed by atoms with van der Waals surface area (Å²) in [6.45, 7) is 4.13. The summed E-state index contributed by atoms with van der Waals surface area (Å²) in [6.07, 6.45) is 4.30. The van der Waals surface area contributed by atoms with E-state index in [0.29, 0.717) is 16.9 Å². The normalized spacial score (nSPS) is 16.1. The lowest BCUT2D eigenvalue weighted by Crippen LogP contribution is -2.40. The first kappa shape index (κ1) is 25.7. The van der Waals surface area contributed by atoms with Crippen molar-refractivity contribution in [2.24, 2.45) is 5.92 Å². The van der Waals surface area contributed by atoms with Gasteiger partial charge in [0, 0.05) is 48.4 Å². The van der Waals surface area contributed by atoms with Crippen LogP contribution in [0.15, 0.2) is 97.2 Å². The minimum absolute atomic E-state index is 0.365. The molecule has 1 unspecified atom stereocenters. The Kier molecular flexibility index (Phi) is 7.66. The van der Waals surface area contributed by atoms with E-state index in [-0.39, 0.29) is 0 Å². The molecule has 39 heavy (non-hydrogen) atoms. The molecule has 7 heteroatoms. The number of rotatable bonds is 8. The Morgan fingerprint density at radius 3 is 2.36 bits per heavy atom. The highest BCUT2D eigenvalue weighted by Gasteiger charge is 2.24. The van der Waals surface area contributed by atoms with Crippen LogP contribution in [-0.4, -0.2) is 53.5 Å². The maximum atomic E-state index is 6.53. The number of hydrogen-bond acceptors (Lipinski definition) is 4. The van der Waals surface area contributed by atoms with E-state index in [1.165, 1.54) is 24.0 Å². The van der Waals surface area contributed by atoms with Crippen molar-refractivity contribution in [3.05, 3.63) is 113 Å². The number of hydrogen-bond donors (Lipinski definition) is 1. The Bertz CT molecular complexity index is 1500. The summed E-state index contributed by atoms with van der Waals surface area (Å²) in [6, 6.07) is 31.8. The van der Waals surface area contributed by atoms with Gasteiger partial charge in [0.05, 0.1) is 5.69 Å². The predicted octanol–water partition coefficient (Wildman–Crippen LogP) is 5.26. The van der Waals surface area contributed by atoms with Gasteiger partial charge in [0.2, 0.25) is 0 Å². The van der Waals surface area contributed by atoms with Gasteiger partial charge in [-0.1, -0.05) is 90.5 Å². The van der Waals surface area contributed by atoms with E-state index in [2.05, 4.69) is 82.0 Å². The van der Waals surface area contributed by atoms with Crippen LogP contribution in [0, 0.1) is 5.92 Å². The molecular formula is C32H33BClN5. The van der Waals surface area contributed by atoms with E-state index < -0.39 is 0 Å².